The number of nitrogens with one attached hydrogen (secondary N) is 3. The smallest absolute Gasteiger partial charge is 0.135 e. The number of anilines is 3. The fraction of sp³-hybridized carbons (Fsp3) is 0.286. The quantitative estimate of drug-likeness (QED) is 0.794. The van der Waals surface area contributed by atoms with Gasteiger partial charge in [0.05, 0.1) is 6.04 Å². The van der Waals surface area contributed by atoms with Crippen molar-refractivity contribution in [1.82, 2.24) is 15.3 Å². The van der Waals surface area contributed by atoms with E-state index in [4.69, 9.17) is 0 Å². The van der Waals surface area contributed by atoms with E-state index in [-0.39, 0.29) is 6.04 Å². The Hall–Kier alpha value is -2.21. The van der Waals surface area contributed by atoms with E-state index in [9.17, 15) is 4.39 Å². The third kappa shape index (κ3) is 3.03. The molecule has 1 aliphatic heterocycles. The fourth-order valence-corrected chi connectivity index (χ4v) is 2.15. The van der Waals surface area contributed by atoms with Gasteiger partial charge >= 0.3 is 0 Å². The normalized spacial score (nSPS) is 21.6. The van der Waals surface area contributed by atoms with Crippen LogP contribution in [-0.2, 0) is 0 Å². The molecule has 1 saturated heterocycles. The molecule has 0 spiro atoms. The molecule has 1 aliphatic rings. The van der Waals surface area contributed by atoms with E-state index in [0.717, 1.165) is 5.69 Å². The van der Waals surface area contributed by atoms with E-state index in [1.165, 1.54) is 6.33 Å². The first-order chi connectivity index (χ1) is 9.81. The van der Waals surface area contributed by atoms with Crippen LogP contribution < -0.4 is 16.0 Å². The van der Waals surface area contributed by atoms with Crippen molar-refractivity contribution < 1.29 is 4.39 Å². The maximum Gasteiger partial charge on any atom is 0.135 e. The van der Waals surface area contributed by atoms with E-state index in [0.29, 0.717) is 24.7 Å². The zero-order chi connectivity index (χ0) is 13.8. The number of hydrogen-bond donors (Lipinski definition) is 3. The lowest BCUT2D eigenvalue weighted by atomic mass is 10.2. The zero-order valence-electron chi connectivity index (χ0n) is 10.9. The predicted octanol–water partition coefficient (Wildman–Crippen LogP) is 1.94. The van der Waals surface area contributed by atoms with Gasteiger partial charge in [0, 0.05) is 24.8 Å². The molecule has 1 aromatic carbocycles. The Kier molecular flexibility index (Phi) is 3.73. The first kappa shape index (κ1) is 12.8. The minimum absolute atomic E-state index is 0.241. The first-order valence-electron chi connectivity index (χ1n) is 6.57. The van der Waals surface area contributed by atoms with Crippen molar-refractivity contribution in [3.63, 3.8) is 0 Å². The number of hydrogen-bond acceptors (Lipinski definition) is 5. The average molecular weight is 273 g/mol. The lowest BCUT2D eigenvalue weighted by Gasteiger charge is -2.15. The summed E-state index contributed by atoms with van der Waals surface area (Å²) in [7, 11) is 0. The molecule has 6 heteroatoms. The summed E-state index contributed by atoms with van der Waals surface area (Å²) < 4.78 is 13.5. The first-order valence-corrected chi connectivity index (χ1v) is 6.57. The second-order valence-electron chi connectivity index (χ2n) is 4.70. The Bertz CT molecular complexity index is 563. The fourth-order valence-electron chi connectivity index (χ4n) is 2.15. The zero-order valence-corrected chi connectivity index (χ0v) is 10.9. The number of rotatable bonds is 4. The number of nitrogens with zero attached hydrogens (tertiary/aromatic N) is 2. The molecule has 5 nitrogen and oxygen atoms in total. The van der Waals surface area contributed by atoms with E-state index in [1.54, 1.807) is 6.07 Å². The monoisotopic (exact) mass is 273 g/mol. The third-order valence-electron chi connectivity index (χ3n) is 3.19. The molecule has 0 bridgehead atoms. The van der Waals surface area contributed by atoms with E-state index in [1.807, 2.05) is 30.3 Å². The molecule has 0 unspecified atom stereocenters. The van der Waals surface area contributed by atoms with Gasteiger partial charge < -0.3 is 16.0 Å². The SMILES string of the molecule is F[C@@H]1CNC[C@@H]1Nc1cc(Nc2ccccc2)ncn1. The van der Waals surface area contributed by atoms with Crippen molar-refractivity contribution >= 4 is 17.3 Å². The number of alkyl halides is 1. The Balaban J connectivity index is 1.69. The lowest BCUT2D eigenvalue weighted by Crippen LogP contribution is -2.29. The highest BCUT2D eigenvalue weighted by Crippen LogP contribution is 2.17. The number of benzene rings is 1. The molecule has 1 fully saturated rings. The summed E-state index contributed by atoms with van der Waals surface area (Å²) in [6.07, 6.45) is 0.568. The van der Waals surface area contributed by atoms with Crippen LogP contribution in [-0.4, -0.2) is 35.3 Å². The van der Waals surface area contributed by atoms with E-state index < -0.39 is 6.17 Å². The van der Waals surface area contributed by atoms with Crippen LogP contribution in [0.4, 0.5) is 21.7 Å². The van der Waals surface area contributed by atoms with Crippen LogP contribution >= 0.6 is 0 Å². The van der Waals surface area contributed by atoms with Gasteiger partial charge in [-0.2, -0.15) is 0 Å². The molecule has 0 aliphatic carbocycles. The van der Waals surface area contributed by atoms with Crippen molar-refractivity contribution in [1.29, 1.82) is 0 Å². The molecule has 2 aromatic rings. The average Bonchev–Trinajstić information content (AvgIpc) is 2.86. The Morgan fingerprint density at radius 1 is 1.10 bits per heavy atom. The molecule has 1 aromatic heterocycles. The van der Waals surface area contributed by atoms with Crippen LogP contribution in [0.15, 0.2) is 42.7 Å². The van der Waals surface area contributed by atoms with Crippen molar-refractivity contribution in [2.45, 2.75) is 12.2 Å². The van der Waals surface area contributed by atoms with Gasteiger partial charge in [0.2, 0.25) is 0 Å². The van der Waals surface area contributed by atoms with Crippen LogP contribution in [0.5, 0.6) is 0 Å². The molecule has 0 amide bonds. The molecule has 2 atom stereocenters. The lowest BCUT2D eigenvalue weighted by molar-refractivity contribution is 0.342. The van der Waals surface area contributed by atoms with Gasteiger partial charge in [0.1, 0.15) is 24.1 Å². The van der Waals surface area contributed by atoms with Crippen LogP contribution in [0.1, 0.15) is 0 Å². The molecular formula is C14H16FN5. The summed E-state index contributed by atoms with van der Waals surface area (Å²) in [5.41, 5.74) is 0.947. The second-order valence-corrected chi connectivity index (χ2v) is 4.70. The summed E-state index contributed by atoms with van der Waals surface area (Å²) in [5.74, 6) is 1.30. The summed E-state index contributed by atoms with van der Waals surface area (Å²) in [4.78, 5) is 8.28. The molecule has 20 heavy (non-hydrogen) atoms. The van der Waals surface area contributed by atoms with Gasteiger partial charge in [0.25, 0.3) is 0 Å². The van der Waals surface area contributed by atoms with Crippen molar-refractivity contribution in [3.8, 4) is 0 Å². The van der Waals surface area contributed by atoms with Crippen LogP contribution in [0, 0.1) is 0 Å². The number of halogens is 1. The van der Waals surface area contributed by atoms with Gasteiger partial charge in [-0.05, 0) is 12.1 Å². The second kappa shape index (κ2) is 5.83. The van der Waals surface area contributed by atoms with Gasteiger partial charge in [0.15, 0.2) is 0 Å². The summed E-state index contributed by atoms with van der Waals surface area (Å²) >= 11 is 0. The maximum atomic E-state index is 13.5. The van der Waals surface area contributed by atoms with Gasteiger partial charge in [-0.1, -0.05) is 18.2 Å². The maximum absolute atomic E-state index is 13.5. The standard InChI is InChI=1S/C14H16FN5/c15-11-7-16-8-12(11)20-14-6-13(17-9-18-14)19-10-4-2-1-3-5-10/h1-6,9,11-12,16H,7-8H2,(H2,17,18,19,20)/t11-,12+/m1/s1. The summed E-state index contributed by atoms with van der Waals surface area (Å²) in [6, 6.07) is 11.3. The van der Waals surface area contributed by atoms with Crippen LogP contribution in [0.3, 0.4) is 0 Å². The topological polar surface area (TPSA) is 61.9 Å². The van der Waals surface area contributed by atoms with Crippen molar-refractivity contribution in [2.75, 3.05) is 23.7 Å². The number of aromatic nitrogens is 2. The predicted molar refractivity (Wildman–Crippen MR) is 76.9 cm³/mol. The Morgan fingerprint density at radius 3 is 2.65 bits per heavy atom. The van der Waals surface area contributed by atoms with E-state index >= 15 is 0 Å². The van der Waals surface area contributed by atoms with Crippen molar-refractivity contribution in [2.24, 2.45) is 0 Å². The third-order valence-corrected chi connectivity index (χ3v) is 3.19. The molecule has 3 N–H and O–H groups in total. The molecule has 3 rings (SSSR count). The Labute approximate surface area is 116 Å². The highest BCUT2D eigenvalue weighted by Gasteiger charge is 2.26. The largest absolute Gasteiger partial charge is 0.363 e. The van der Waals surface area contributed by atoms with Gasteiger partial charge in [-0.3, -0.25) is 0 Å². The van der Waals surface area contributed by atoms with Gasteiger partial charge in [-0.15, -0.1) is 0 Å². The van der Waals surface area contributed by atoms with E-state index in [2.05, 4.69) is 25.9 Å². The highest BCUT2D eigenvalue weighted by molar-refractivity contribution is 5.58. The molecule has 0 radical (unpaired) electrons. The molecule has 0 saturated carbocycles. The minimum atomic E-state index is -0.893. The Morgan fingerprint density at radius 2 is 1.90 bits per heavy atom. The van der Waals surface area contributed by atoms with Crippen LogP contribution in [0.2, 0.25) is 0 Å². The molecular weight excluding hydrogens is 257 g/mol. The minimum Gasteiger partial charge on any atom is -0.363 e. The highest BCUT2D eigenvalue weighted by atomic mass is 19.1. The summed E-state index contributed by atoms with van der Waals surface area (Å²) in [6.45, 7) is 0.991. The van der Waals surface area contributed by atoms with Crippen LogP contribution in [0.25, 0.3) is 0 Å². The molecule has 2 heterocycles. The van der Waals surface area contributed by atoms with Gasteiger partial charge in [-0.25, -0.2) is 14.4 Å². The van der Waals surface area contributed by atoms with Crippen molar-refractivity contribution in [3.05, 3.63) is 42.7 Å². The number of para-hydroxylation sites is 1. The molecule has 104 valence electrons. The summed E-state index contributed by atoms with van der Waals surface area (Å²) in [5, 5.41) is 9.27.